The van der Waals surface area contributed by atoms with Crippen molar-refractivity contribution in [3.05, 3.63) is 24.3 Å². The number of halogens is 3. The van der Waals surface area contributed by atoms with Crippen LogP contribution in [0.25, 0.3) is 0 Å². The molecule has 0 N–H and O–H groups in total. The number of hydrogen-bond donors (Lipinski definition) is 0. The molecule has 0 aliphatic carbocycles. The van der Waals surface area contributed by atoms with E-state index >= 15 is 0 Å². The highest BCUT2D eigenvalue weighted by molar-refractivity contribution is 6.74. The molecular formula is C16H26F3NO2Si. The van der Waals surface area contributed by atoms with E-state index in [9.17, 15) is 18.0 Å². The molecule has 1 aliphatic rings. The van der Waals surface area contributed by atoms with Crippen molar-refractivity contribution in [3.63, 3.8) is 0 Å². The molecule has 1 amide bonds. The molecule has 23 heavy (non-hydrogen) atoms. The van der Waals surface area contributed by atoms with E-state index in [2.05, 4.69) is 20.8 Å². The van der Waals surface area contributed by atoms with E-state index < -0.39 is 32.5 Å². The van der Waals surface area contributed by atoms with Gasteiger partial charge in [-0.2, -0.15) is 13.2 Å². The molecule has 0 aromatic rings. The van der Waals surface area contributed by atoms with E-state index in [4.69, 9.17) is 4.43 Å². The molecule has 0 radical (unpaired) electrons. The molecule has 0 aromatic heterocycles. The number of nitrogens with zero attached hydrogens (tertiary/aromatic N) is 1. The molecule has 0 saturated carbocycles. The number of allylic oxidation sites excluding steroid dienone is 1. The highest BCUT2D eigenvalue weighted by Crippen LogP contribution is 2.37. The van der Waals surface area contributed by atoms with Crippen LogP contribution in [0.3, 0.4) is 0 Å². The zero-order valence-electron chi connectivity index (χ0n) is 14.6. The number of rotatable bonds is 4. The third-order valence-electron chi connectivity index (χ3n) is 4.50. The average molecular weight is 349 g/mol. The second kappa shape index (κ2) is 6.81. The maximum atomic E-state index is 12.9. The summed E-state index contributed by atoms with van der Waals surface area (Å²) in [7, 11) is -2.09. The van der Waals surface area contributed by atoms with Crippen LogP contribution in [0.5, 0.6) is 0 Å². The lowest BCUT2D eigenvalue weighted by molar-refractivity contribution is -0.187. The van der Waals surface area contributed by atoms with Gasteiger partial charge in [-0.05, 0) is 25.1 Å². The van der Waals surface area contributed by atoms with Crippen molar-refractivity contribution in [2.75, 3.05) is 6.61 Å². The lowest BCUT2D eigenvalue weighted by atomic mass is 10.2. The fraction of sp³-hybridized carbons (Fsp3) is 0.688. The molecule has 1 rings (SSSR count). The first-order valence-corrected chi connectivity index (χ1v) is 10.6. The van der Waals surface area contributed by atoms with Gasteiger partial charge in [0.1, 0.15) is 0 Å². The number of alkyl halides is 3. The summed E-state index contributed by atoms with van der Waals surface area (Å²) in [5, 5.41) is -0.0447. The van der Waals surface area contributed by atoms with Gasteiger partial charge in [-0.1, -0.05) is 45.1 Å². The van der Waals surface area contributed by atoms with Crippen molar-refractivity contribution in [2.24, 2.45) is 0 Å². The summed E-state index contributed by atoms with van der Waals surface area (Å²) in [5.41, 5.74) is 0. The zero-order valence-corrected chi connectivity index (χ0v) is 15.6. The van der Waals surface area contributed by atoms with Gasteiger partial charge >= 0.3 is 12.1 Å². The number of carbonyl (C=O) groups is 1. The van der Waals surface area contributed by atoms with Crippen molar-refractivity contribution < 1.29 is 22.4 Å². The Hall–Kier alpha value is -1.08. The van der Waals surface area contributed by atoms with E-state index in [1.54, 1.807) is 31.2 Å². The monoisotopic (exact) mass is 349 g/mol. The SMILES string of the molecule is C/C=C/[C@H]1C=C[C@H](CO[Si](C)(C)C(C)(C)C)N1C(=O)C(F)(F)F. The summed E-state index contributed by atoms with van der Waals surface area (Å²) >= 11 is 0. The summed E-state index contributed by atoms with van der Waals surface area (Å²) in [4.78, 5) is 12.6. The Kier molecular flexibility index (Phi) is 5.91. The smallest absolute Gasteiger partial charge is 0.414 e. The number of hydrogen-bond acceptors (Lipinski definition) is 2. The van der Waals surface area contributed by atoms with Crippen LogP contribution in [0.15, 0.2) is 24.3 Å². The van der Waals surface area contributed by atoms with Crippen LogP contribution in [0.4, 0.5) is 13.2 Å². The Morgan fingerprint density at radius 2 is 1.83 bits per heavy atom. The fourth-order valence-corrected chi connectivity index (χ4v) is 3.10. The highest BCUT2D eigenvalue weighted by Gasteiger charge is 2.48. The summed E-state index contributed by atoms with van der Waals surface area (Å²) in [5.74, 6) is -1.82. The molecule has 0 bridgehead atoms. The van der Waals surface area contributed by atoms with Gasteiger partial charge in [-0.3, -0.25) is 4.79 Å². The minimum absolute atomic E-state index is 0.0447. The molecule has 0 unspecified atom stereocenters. The lowest BCUT2D eigenvalue weighted by Gasteiger charge is -2.38. The van der Waals surface area contributed by atoms with Crippen LogP contribution >= 0.6 is 0 Å². The van der Waals surface area contributed by atoms with E-state index in [1.165, 1.54) is 0 Å². The van der Waals surface area contributed by atoms with Crippen LogP contribution in [-0.2, 0) is 9.22 Å². The molecule has 1 heterocycles. The first-order chi connectivity index (χ1) is 10.3. The third kappa shape index (κ3) is 4.70. The maximum absolute atomic E-state index is 12.9. The second-order valence-electron chi connectivity index (χ2n) is 7.25. The topological polar surface area (TPSA) is 29.5 Å². The summed E-state index contributed by atoms with van der Waals surface area (Å²) in [6, 6.07) is -1.37. The molecule has 0 saturated heterocycles. The molecule has 132 valence electrons. The minimum atomic E-state index is -4.89. The van der Waals surface area contributed by atoms with Gasteiger partial charge < -0.3 is 9.33 Å². The number of amides is 1. The van der Waals surface area contributed by atoms with Crippen LogP contribution in [0.2, 0.25) is 18.1 Å². The largest absolute Gasteiger partial charge is 0.471 e. The Labute approximate surface area is 137 Å². The van der Waals surface area contributed by atoms with Crippen molar-refractivity contribution >= 4 is 14.2 Å². The van der Waals surface area contributed by atoms with E-state index in [-0.39, 0.29) is 11.6 Å². The van der Waals surface area contributed by atoms with Gasteiger partial charge in [0.05, 0.1) is 18.7 Å². The fourth-order valence-electron chi connectivity index (χ4n) is 2.08. The summed E-state index contributed by atoms with van der Waals surface area (Å²) in [6.45, 7) is 12.0. The molecule has 0 spiro atoms. The van der Waals surface area contributed by atoms with E-state index in [0.29, 0.717) is 0 Å². The standard InChI is InChI=1S/C16H26F3NO2Si/c1-7-8-12-9-10-13(20(12)14(21)16(17,18)19)11-22-23(5,6)15(2,3)4/h7-10,12-13H,11H2,1-6H3/b8-7+/t12-,13+/m0/s1. The van der Waals surface area contributed by atoms with Crippen LogP contribution < -0.4 is 0 Å². The molecule has 3 nitrogen and oxygen atoms in total. The predicted molar refractivity (Wildman–Crippen MR) is 87.6 cm³/mol. The van der Waals surface area contributed by atoms with Crippen molar-refractivity contribution in [3.8, 4) is 0 Å². The van der Waals surface area contributed by atoms with Crippen molar-refractivity contribution in [2.45, 2.75) is 64.1 Å². The van der Waals surface area contributed by atoms with E-state index in [1.807, 2.05) is 13.1 Å². The number of carbonyl (C=O) groups excluding carboxylic acids is 1. The maximum Gasteiger partial charge on any atom is 0.471 e. The minimum Gasteiger partial charge on any atom is -0.414 e. The highest BCUT2D eigenvalue weighted by atomic mass is 28.4. The molecule has 2 atom stereocenters. The van der Waals surface area contributed by atoms with Crippen LogP contribution in [0, 0.1) is 0 Å². The van der Waals surface area contributed by atoms with Gasteiger partial charge in [0.25, 0.3) is 0 Å². The molecule has 1 aliphatic heterocycles. The Morgan fingerprint density at radius 1 is 1.26 bits per heavy atom. The first-order valence-electron chi connectivity index (χ1n) is 7.66. The van der Waals surface area contributed by atoms with E-state index in [0.717, 1.165) is 4.90 Å². The van der Waals surface area contributed by atoms with Crippen LogP contribution in [-0.4, -0.2) is 44.0 Å². The molecular weight excluding hydrogens is 323 g/mol. The van der Waals surface area contributed by atoms with Crippen molar-refractivity contribution in [1.29, 1.82) is 0 Å². The van der Waals surface area contributed by atoms with Gasteiger partial charge in [0.2, 0.25) is 0 Å². The molecule has 7 heteroatoms. The van der Waals surface area contributed by atoms with Gasteiger partial charge in [-0.15, -0.1) is 0 Å². The van der Waals surface area contributed by atoms with Gasteiger partial charge in [-0.25, -0.2) is 0 Å². The summed E-state index contributed by atoms with van der Waals surface area (Å²) < 4.78 is 44.6. The Balaban J connectivity index is 2.93. The van der Waals surface area contributed by atoms with Gasteiger partial charge in [0, 0.05) is 0 Å². The third-order valence-corrected chi connectivity index (χ3v) is 9.00. The van der Waals surface area contributed by atoms with Crippen LogP contribution in [0.1, 0.15) is 27.7 Å². The quantitative estimate of drug-likeness (QED) is 0.560. The molecule has 0 fully saturated rings. The Morgan fingerprint density at radius 3 is 2.26 bits per heavy atom. The lowest BCUT2D eigenvalue weighted by Crippen LogP contribution is -2.51. The molecule has 0 aromatic carbocycles. The first kappa shape index (κ1) is 20.0. The Bertz CT molecular complexity index is 493. The second-order valence-corrected chi connectivity index (χ2v) is 12.1. The summed E-state index contributed by atoms with van der Waals surface area (Å²) in [6.07, 6.45) is 1.57. The van der Waals surface area contributed by atoms with Crippen molar-refractivity contribution in [1.82, 2.24) is 4.90 Å². The normalized spacial score (nSPS) is 23.1. The predicted octanol–water partition coefficient (Wildman–Crippen LogP) is 4.28. The zero-order chi connectivity index (χ0) is 18.1. The van der Waals surface area contributed by atoms with Gasteiger partial charge in [0.15, 0.2) is 8.32 Å². The average Bonchev–Trinajstić information content (AvgIpc) is 2.76.